The lowest BCUT2D eigenvalue weighted by molar-refractivity contribution is 0.0936. The number of amides is 1. The van der Waals surface area contributed by atoms with Gasteiger partial charge in [0.2, 0.25) is 10.0 Å². The number of hydrogen-bond donors (Lipinski definition) is 1. The molecule has 0 aromatic heterocycles. The minimum atomic E-state index is -3.57. The van der Waals surface area contributed by atoms with Gasteiger partial charge in [0.1, 0.15) is 0 Å². The summed E-state index contributed by atoms with van der Waals surface area (Å²) in [4.78, 5) is 15.2. The van der Waals surface area contributed by atoms with Crippen LogP contribution in [0.15, 0.2) is 23.1 Å². The van der Waals surface area contributed by atoms with Crippen LogP contribution in [0.3, 0.4) is 0 Å². The predicted molar refractivity (Wildman–Crippen MR) is 98.4 cm³/mol. The highest BCUT2D eigenvalue weighted by molar-refractivity contribution is 7.89. The number of carbonyl (C=O) groups excluding carboxylic acids is 1. The number of anilines is 1. The maximum Gasteiger partial charge on any atom is 0.253 e. The van der Waals surface area contributed by atoms with E-state index in [9.17, 15) is 13.2 Å². The number of sulfonamides is 1. The second-order valence-corrected chi connectivity index (χ2v) is 9.41. The van der Waals surface area contributed by atoms with Crippen molar-refractivity contribution in [2.75, 3.05) is 32.1 Å². The smallest absolute Gasteiger partial charge is 0.253 e. The normalized spacial score (nSPS) is 19.3. The molecule has 1 heterocycles. The van der Waals surface area contributed by atoms with Gasteiger partial charge < -0.3 is 10.2 Å². The summed E-state index contributed by atoms with van der Waals surface area (Å²) in [6.07, 6.45) is 4.49. The fourth-order valence-corrected chi connectivity index (χ4v) is 4.23. The van der Waals surface area contributed by atoms with E-state index >= 15 is 0 Å². The molecule has 0 spiro atoms. The summed E-state index contributed by atoms with van der Waals surface area (Å²) in [6.45, 7) is 3.82. The van der Waals surface area contributed by atoms with Crippen LogP contribution >= 0.6 is 0 Å². The maximum absolute atomic E-state index is 12.9. The molecule has 1 aromatic carbocycles. The van der Waals surface area contributed by atoms with Crippen LogP contribution in [0.5, 0.6) is 0 Å². The number of nitrogens with zero attached hydrogens (tertiary/aromatic N) is 2. The SMILES string of the molecule is CC(NC(=O)c1cc(S(=O)(=O)N(C)C)ccc1N1CCCC1)C1CC1. The molecule has 0 radical (unpaired) electrons. The fraction of sp³-hybridized carbons (Fsp3) is 0.611. The summed E-state index contributed by atoms with van der Waals surface area (Å²) < 4.78 is 26.1. The van der Waals surface area contributed by atoms with Gasteiger partial charge >= 0.3 is 0 Å². The first-order valence-electron chi connectivity index (χ1n) is 8.93. The highest BCUT2D eigenvalue weighted by atomic mass is 32.2. The van der Waals surface area contributed by atoms with Crippen molar-refractivity contribution in [1.29, 1.82) is 0 Å². The first kappa shape index (κ1) is 18.2. The Labute approximate surface area is 150 Å². The largest absolute Gasteiger partial charge is 0.371 e. The highest BCUT2D eigenvalue weighted by Gasteiger charge is 2.30. The zero-order valence-electron chi connectivity index (χ0n) is 15.2. The Morgan fingerprint density at radius 1 is 1.24 bits per heavy atom. The van der Waals surface area contributed by atoms with E-state index in [1.165, 1.54) is 24.5 Å². The van der Waals surface area contributed by atoms with E-state index in [4.69, 9.17) is 0 Å². The summed E-state index contributed by atoms with van der Waals surface area (Å²) >= 11 is 0. The molecular weight excluding hydrogens is 338 g/mol. The molecule has 1 aromatic rings. The molecule has 7 heteroatoms. The second kappa shape index (κ2) is 6.96. The summed E-state index contributed by atoms with van der Waals surface area (Å²) in [5, 5.41) is 3.06. The Morgan fingerprint density at radius 3 is 2.44 bits per heavy atom. The Balaban J connectivity index is 1.96. The van der Waals surface area contributed by atoms with Gasteiger partial charge in [0.15, 0.2) is 0 Å². The van der Waals surface area contributed by atoms with Gasteiger partial charge in [0, 0.05) is 38.9 Å². The molecule has 138 valence electrons. The maximum atomic E-state index is 12.9. The van der Waals surface area contributed by atoms with E-state index in [-0.39, 0.29) is 16.8 Å². The monoisotopic (exact) mass is 365 g/mol. The molecule has 1 N–H and O–H groups in total. The van der Waals surface area contributed by atoms with E-state index in [2.05, 4.69) is 10.2 Å². The van der Waals surface area contributed by atoms with Crippen molar-refractivity contribution < 1.29 is 13.2 Å². The van der Waals surface area contributed by atoms with Crippen LogP contribution < -0.4 is 10.2 Å². The number of nitrogens with one attached hydrogen (secondary N) is 1. The average Bonchev–Trinajstić information content (AvgIpc) is 3.29. The molecule has 1 amide bonds. The predicted octanol–water partition coefficient (Wildman–Crippen LogP) is 2.07. The molecule has 2 fully saturated rings. The van der Waals surface area contributed by atoms with Crippen LogP contribution in [0, 0.1) is 5.92 Å². The third-order valence-corrected chi connectivity index (χ3v) is 6.94. The van der Waals surface area contributed by atoms with E-state index in [0.29, 0.717) is 11.5 Å². The second-order valence-electron chi connectivity index (χ2n) is 7.26. The van der Waals surface area contributed by atoms with Gasteiger partial charge in [-0.1, -0.05) is 0 Å². The van der Waals surface area contributed by atoms with E-state index < -0.39 is 10.0 Å². The molecule has 1 saturated carbocycles. The Morgan fingerprint density at radius 2 is 1.88 bits per heavy atom. The van der Waals surface area contributed by atoms with E-state index in [1.54, 1.807) is 12.1 Å². The zero-order chi connectivity index (χ0) is 18.2. The summed E-state index contributed by atoms with van der Waals surface area (Å²) in [5.74, 6) is 0.366. The molecule has 6 nitrogen and oxygen atoms in total. The van der Waals surface area contributed by atoms with Gasteiger partial charge in [-0.2, -0.15) is 0 Å². The molecule has 1 atom stereocenters. The molecule has 25 heavy (non-hydrogen) atoms. The number of rotatable bonds is 6. The molecular formula is C18H27N3O3S. The number of carbonyl (C=O) groups is 1. The Bertz CT molecular complexity index is 751. The number of benzene rings is 1. The van der Waals surface area contributed by atoms with Crippen molar-refractivity contribution in [3.63, 3.8) is 0 Å². The van der Waals surface area contributed by atoms with E-state index in [0.717, 1.165) is 44.5 Å². The molecule has 1 aliphatic heterocycles. The third-order valence-electron chi connectivity index (χ3n) is 5.13. The lowest BCUT2D eigenvalue weighted by Crippen LogP contribution is -2.35. The summed E-state index contributed by atoms with van der Waals surface area (Å²) in [6, 6.07) is 5.02. The average molecular weight is 365 g/mol. The fourth-order valence-electron chi connectivity index (χ4n) is 3.30. The van der Waals surface area contributed by atoms with Crippen molar-refractivity contribution in [2.45, 2.75) is 43.5 Å². The standard InChI is InChI=1S/C18H27N3O3S/c1-13(14-6-7-14)19-18(22)16-12-15(25(23,24)20(2)3)8-9-17(16)21-10-4-5-11-21/h8-9,12-14H,4-7,10-11H2,1-3H3,(H,19,22). The lowest BCUT2D eigenvalue weighted by atomic mass is 10.1. The topological polar surface area (TPSA) is 69.7 Å². The zero-order valence-corrected chi connectivity index (χ0v) is 16.0. The third kappa shape index (κ3) is 3.82. The molecule has 1 aliphatic carbocycles. The van der Waals surface area contributed by atoms with Gasteiger partial charge in [-0.3, -0.25) is 4.79 Å². The van der Waals surface area contributed by atoms with Crippen molar-refractivity contribution in [1.82, 2.24) is 9.62 Å². The first-order valence-corrected chi connectivity index (χ1v) is 10.4. The van der Waals surface area contributed by atoms with Crippen LogP contribution in [0.25, 0.3) is 0 Å². The number of hydrogen-bond acceptors (Lipinski definition) is 4. The van der Waals surface area contributed by atoms with Gasteiger partial charge in [-0.15, -0.1) is 0 Å². The minimum absolute atomic E-state index is 0.119. The van der Waals surface area contributed by atoms with Crippen LogP contribution in [-0.2, 0) is 10.0 Å². The minimum Gasteiger partial charge on any atom is -0.371 e. The quantitative estimate of drug-likeness (QED) is 0.838. The molecule has 0 bridgehead atoms. The van der Waals surface area contributed by atoms with Crippen LogP contribution in [0.4, 0.5) is 5.69 Å². The molecule has 3 rings (SSSR count). The van der Waals surface area contributed by atoms with Gasteiger partial charge in [0.25, 0.3) is 5.91 Å². The Kier molecular flexibility index (Phi) is 5.06. The summed E-state index contributed by atoms with van der Waals surface area (Å²) in [5.41, 5.74) is 1.29. The van der Waals surface area contributed by atoms with Gasteiger partial charge in [0.05, 0.1) is 10.5 Å². The lowest BCUT2D eigenvalue weighted by Gasteiger charge is -2.23. The van der Waals surface area contributed by atoms with Crippen molar-refractivity contribution >= 4 is 21.6 Å². The molecule has 2 aliphatic rings. The van der Waals surface area contributed by atoms with E-state index in [1.807, 2.05) is 6.92 Å². The Hall–Kier alpha value is -1.60. The summed E-state index contributed by atoms with van der Waals surface area (Å²) in [7, 11) is -0.574. The van der Waals surface area contributed by atoms with Gasteiger partial charge in [-0.25, -0.2) is 12.7 Å². The van der Waals surface area contributed by atoms with Crippen molar-refractivity contribution in [2.24, 2.45) is 5.92 Å². The van der Waals surface area contributed by atoms with Crippen LogP contribution in [0.1, 0.15) is 43.0 Å². The van der Waals surface area contributed by atoms with Crippen molar-refractivity contribution in [3.05, 3.63) is 23.8 Å². The van der Waals surface area contributed by atoms with Crippen molar-refractivity contribution in [3.8, 4) is 0 Å². The molecule has 1 saturated heterocycles. The van der Waals surface area contributed by atoms with Crippen LogP contribution in [0.2, 0.25) is 0 Å². The molecule has 1 unspecified atom stereocenters. The van der Waals surface area contributed by atoms with Gasteiger partial charge in [-0.05, 0) is 56.7 Å². The van der Waals surface area contributed by atoms with Crippen LogP contribution in [-0.4, -0.2) is 51.9 Å². The first-order chi connectivity index (χ1) is 11.8. The highest BCUT2D eigenvalue weighted by Crippen LogP contribution is 2.33.